The minimum absolute atomic E-state index is 0.283. The minimum Gasteiger partial charge on any atom is -0.369 e. The zero-order valence-electron chi connectivity index (χ0n) is 10.9. The first kappa shape index (κ1) is 13.3. The van der Waals surface area contributed by atoms with Gasteiger partial charge in [-0.15, -0.1) is 0 Å². The third-order valence-corrected chi connectivity index (χ3v) is 3.39. The molecule has 2 aromatic heterocycles. The monoisotopic (exact) mass is 311 g/mol. The van der Waals surface area contributed by atoms with E-state index in [1.54, 1.807) is 6.20 Å². The smallest absolute Gasteiger partial charge is 0.202 e. The normalized spacial score (nSPS) is 13.4. The molecule has 0 fully saturated rings. The zero-order valence-corrected chi connectivity index (χ0v) is 12.5. The number of nitrogen functional groups attached to an aromatic ring is 1. The second kappa shape index (κ2) is 5.24. The standard InChI is InChI=1S/C12H18BrN5/c1-8(4-5-17(2)3)18-11-10(16-12(18)14)6-9(13)7-15-11/h6-8H,4-5H2,1-3H3,(H2,14,16). The van der Waals surface area contributed by atoms with Gasteiger partial charge in [-0.3, -0.25) is 4.57 Å². The van der Waals surface area contributed by atoms with E-state index in [-0.39, 0.29) is 6.04 Å². The molecule has 0 bridgehead atoms. The Labute approximate surface area is 115 Å². The molecule has 0 spiro atoms. The van der Waals surface area contributed by atoms with Crippen LogP contribution in [0.25, 0.3) is 11.2 Å². The van der Waals surface area contributed by atoms with Gasteiger partial charge in [0, 0.05) is 16.7 Å². The van der Waals surface area contributed by atoms with E-state index in [4.69, 9.17) is 5.73 Å². The van der Waals surface area contributed by atoms with Gasteiger partial charge >= 0.3 is 0 Å². The van der Waals surface area contributed by atoms with Gasteiger partial charge in [-0.05, 0) is 56.0 Å². The summed E-state index contributed by atoms with van der Waals surface area (Å²) in [6, 6.07) is 2.22. The Kier molecular flexibility index (Phi) is 3.87. The molecule has 1 unspecified atom stereocenters. The van der Waals surface area contributed by atoms with Crippen LogP contribution in [0.2, 0.25) is 0 Å². The summed E-state index contributed by atoms with van der Waals surface area (Å²) in [6.07, 6.45) is 2.79. The number of hydrogen-bond donors (Lipinski definition) is 1. The molecule has 0 aliphatic carbocycles. The summed E-state index contributed by atoms with van der Waals surface area (Å²) in [5.41, 5.74) is 7.67. The van der Waals surface area contributed by atoms with Crippen molar-refractivity contribution in [2.75, 3.05) is 26.4 Å². The average Bonchev–Trinajstić information content (AvgIpc) is 2.61. The number of halogens is 1. The highest BCUT2D eigenvalue weighted by atomic mass is 79.9. The highest BCUT2D eigenvalue weighted by Crippen LogP contribution is 2.24. The van der Waals surface area contributed by atoms with E-state index >= 15 is 0 Å². The summed E-state index contributed by atoms with van der Waals surface area (Å²) in [5.74, 6) is 0.529. The molecule has 0 radical (unpaired) electrons. The van der Waals surface area contributed by atoms with Crippen molar-refractivity contribution in [2.45, 2.75) is 19.4 Å². The number of imidazole rings is 1. The maximum Gasteiger partial charge on any atom is 0.202 e. The van der Waals surface area contributed by atoms with E-state index in [0.29, 0.717) is 5.95 Å². The van der Waals surface area contributed by atoms with Gasteiger partial charge in [0.25, 0.3) is 0 Å². The van der Waals surface area contributed by atoms with E-state index in [1.807, 2.05) is 10.6 Å². The van der Waals surface area contributed by atoms with Crippen molar-refractivity contribution in [3.8, 4) is 0 Å². The van der Waals surface area contributed by atoms with Gasteiger partial charge in [0.1, 0.15) is 5.52 Å². The average molecular weight is 312 g/mol. The molecule has 0 aliphatic rings. The van der Waals surface area contributed by atoms with E-state index in [1.165, 1.54) is 0 Å². The summed E-state index contributed by atoms with van der Waals surface area (Å²) in [6.45, 7) is 3.15. The number of rotatable bonds is 4. The van der Waals surface area contributed by atoms with Crippen LogP contribution in [0.5, 0.6) is 0 Å². The quantitative estimate of drug-likeness (QED) is 0.941. The lowest BCUT2D eigenvalue weighted by atomic mass is 10.2. The summed E-state index contributed by atoms with van der Waals surface area (Å²) >= 11 is 3.39. The molecule has 0 aromatic carbocycles. The van der Waals surface area contributed by atoms with Gasteiger partial charge in [-0.25, -0.2) is 9.97 Å². The number of hydrogen-bond acceptors (Lipinski definition) is 4. The maximum atomic E-state index is 5.99. The molecule has 0 saturated heterocycles. The highest BCUT2D eigenvalue weighted by molar-refractivity contribution is 9.10. The summed E-state index contributed by atoms with van der Waals surface area (Å²) in [5, 5.41) is 0. The topological polar surface area (TPSA) is 60.0 Å². The van der Waals surface area contributed by atoms with E-state index in [0.717, 1.165) is 28.6 Å². The SMILES string of the molecule is CC(CCN(C)C)n1c(N)nc2cc(Br)cnc21. The van der Waals surface area contributed by atoms with Crippen molar-refractivity contribution >= 4 is 33.0 Å². The molecule has 2 N–H and O–H groups in total. The molecule has 6 heteroatoms. The van der Waals surface area contributed by atoms with Crippen LogP contribution >= 0.6 is 15.9 Å². The van der Waals surface area contributed by atoms with Crippen LogP contribution in [0.3, 0.4) is 0 Å². The minimum atomic E-state index is 0.283. The molecular formula is C12H18BrN5. The first-order valence-corrected chi connectivity index (χ1v) is 6.72. The number of nitrogens with zero attached hydrogens (tertiary/aromatic N) is 4. The lowest BCUT2D eigenvalue weighted by molar-refractivity contribution is 0.361. The van der Waals surface area contributed by atoms with Gasteiger partial charge < -0.3 is 10.6 Å². The van der Waals surface area contributed by atoms with Crippen molar-refractivity contribution in [1.29, 1.82) is 0 Å². The van der Waals surface area contributed by atoms with Crippen molar-refractivity contribution < 1.29 is 0 Å². The second-order valence-electron chi connectivity index (χ2n) is 4.78. The van der Waals surface area contributed by atoms with Gasteiger partial charge in [-0.2, -0.15) is 0 Å². The van der Waals surface area contributed by atoms with Gasteiger partial charge in [-0.1, -0.05) is 0 Å². The molecule has 0 amide bonds. The number of fused-ring (bicyclic) bond motifs is 1. The molecule has 0 aliphatic heterocycles. The van der Waals surface area contributed by atoms with Crippen LogP contribution in [0, 0.1) is 0 Å². The molecule has 0 saturated carbocycles. The molecule has 5 nitrogen and oxygen atoms in total. The largest absolute Gasteiger partial charge is 0.369 e. The van der Waals surface area contributed by atoms with Crippen molar-refractivity contribution in [3.63, 3.8) is 0 Å². The first-order chi connectivity index (χ1) is 8.49. The van der Waals surface area contributed by atoms with Gasteiger partial charge in [0.05, 0.1) is 0 Å². The highest BCUT2D eigenvalue weighted by Gasteiger charge is 2.15. The van der Waals surface area contributed by atoms with E-state index < -0.39 is 0 Å². The Balaban J connectivity index is 2.34. The predicted octanol–water partition coefficient (Wildman–Crippen LogP) is 2.29. The Morgan fingerprint density at radius 3 is 2.89 bits per heavy atom. The number of nitrogens with two attached hydrogens (primary N) is 1. The Bertz CT molecular complexity index is 549. The fourth-order valence-electron chi connectivity index (χ4n) is 1.98. The Morgan fingerprint density at radius 1 is 1.50 bits per heavy atom. The summed E-state index contributed by atoms with van der Waals surface area (Å²) < 4.78 is 2.92. The fraction of sp³-hybridized carbons (Fsp3) is 0.500. The van der Waals surface area contributed by atoms with Crippen molar-refractivity contribution in [2.24, 2.45) is 0 Å². The van der Waals surface area contributed by atoms with E-state index in [9.17, 15) is 0 Å². The zero-order chi connectivity index (χ0) is 13.3. The first-order valence-electron chi connectivity index (χ1n) is 5.92. The molecule has 2 rings (SSSR count). The molecule has 18 heavy (non-hydrogen) atoms. The Morgan fingerprint density at radius 2 is 2.22 bits per heavy atom. The summed E-state index contributed by atoms with van der Waals surface area (Å²) in [7, 11) is 4.13. The van der Waals surface area contributed by atoms with Gasteiger partial charge in [0.2, 0.25) is 5.95 Å². The molecule has 2 aromatic rings. The number of anilines is 1. The molecule has 1 atom stereocenters. The molecular weight excluding hydrogens is 294 g/mol. The number of pyridine rings is 1. The number of aromatic nitrogens is 3. The maximum absolute atomic E-state index is 5.99. The van der Waals surface area contributed by atoms with E-state index in [2.05, 4.69) is 51.8 Å². The summed E-state index contributed by atoms with van der Waals surface area (Å²) in [4.78, 5) is 10.9. The van der Waals surface area contributed by atoms with Crippen LogP contribution in [0.15, 0.2) is 16.7 Å². The fourth-order valence-corrected chi connectivity index (χ4v) is 2.30. The lowest BCUT2D eigenvalue weighted by Crippen LogP contribution is -2.18. The van der Waals surface area contributed by atoms with Crippen molar-refractivity contribution in [1.82, 2.24) is 19.4 Å². The van der Waals surface area contributed by atoms with Crippen molar-refractivity contribution in [3.05, 3.63) is 16.7 Å². The Hall–Kier alpha value is -1.14. The van der Waals surface area contributed by atoms with Crippen LogP contribution in [0.4, 0.5) is 5.95 Å². The second-order valence-corrected chi connectivity index (χ2v) is 5.69. The van der Waals surface area contributed by atoms with Crippen LogP contribution < -0.4 is 5.73 Å². The predicted molar refractivity (Wildman–Crippen MR) is 77.5 cm³/mol. The molecule has 2 heterocycles. The van der Waals surface area contributed by atoms with Crippen LogP contribution in [-0.2, 0) is 0 Å². The van der Waals surface area contributed by atoms with Crippen LogP contribution in [-0.4, -0.2) is 40.1 Å². The van der Waals surface area contributed by atoms with Crippen LogP contribution in [0.1, 0.15) is 19.4 Å². The molecule has 98 valence electrons. The third-order valence-electron chi connectivity index (χ3n) is 2.96. The van der Waals surface area contributed by atoms with Gasteiger partial charge in [0.15, 0.2) is 5.65 Å². The third kappa shape index (κ3) is 2.64. The lowest BCUT2D eigenvalue weighted by Gasteiger charge is -2.17.